The van der Waals surface area contributed by atoms with Crippen molar-refractivity contribution in [3.05, 3.63) is 32.6 Å². The molecule has 0 radical (unpaired) electrons. The Labute approximate surface area is 122 Å². The third-order valence-electron chi connectivity index (χ3n) is 2.31. The third-order valence-corrected chi connectivity index (χ3v) is 3.28. The van der Waals surface area contributed by atoms with E-state index in [2.05, 4.69) is 25.5 Å². The molecule has 0 saturated heterocycles. The minimum atomic E-state index is -0.862. The Balaban J connectivity index is 2.39. The Morgan fingerprint density at radius 1 is 1.43 bits per heavy atom. The molecule has 0 fully saturated rings. The number of hydrogen-bond donors (Lipinski definition) is 3. The molecule has 0 unspecified atom stereocenters. The number of ether oxygens (including phenoxy) is 1. The molecule has 0 aromatic carbocycles. The van der Waals surface area contributed by atoms with Gasteiger partial charge in [0.2, 0.25) is 0 Å². The lowest BCUT2D eigenvalue weighted by molar-refractivity contribution is 0.177. The van der Waals surface area contributed by atoms with Crippen molar-refractivity contribution in [3.8, 4) is 0 Å². The molecule has 0 bridgehead atoms. The van der Waals surface area contributed by atoms with E-state index in [9.17, 15) is 9.59 Å². The largest absolute Gasteiger partial charge is 0.377 e. The van der Waals surface area contributed by atoms with E-state index in [1.54, 1.807) is 13.1 Å². The summed E-state index contributed by atoms with van der Waals surface area (Å²) >= 11 is 1.09. The first-order valence-electron chi connectivity index (χ1n) is 5.72. The Kier molecular flexibility index (Phi) is 4.67. The lowest BCUT2D eigenvalue weighted by atomic mass is 10.5. The van der Waals surface area contributed by atoms with Gasteiger partial charge in [-0.1, -0.05) is 0 Å². The maximum Gasteiger partial charge on any atom is 0.339 e. The van der Waals surface area contributed by atoms with Crippen molar-refractivity contribution in [2.75, 3.05) is 12.5 Å². The molecule has 11 heteroatoms. The molecular formula is C10H13N7O3S. The Bertz CT molecular complexity index is 757. The van der Waals surface area contributed by atoms with E-state index in [1.165, 1.54) is 11.8 Å². The minimum Gasteiger partial charge on any atom is -0.377 e. The summed E-state index contributed by atoms with van der Waals surface area (Å²) in [6.45, 7) is 0.209. The summed E-state index contributed by atoms with van der Waals surface area (Å²) in [5.74, 6) is 6.16. The monoisotopic (exact) mass is 311 g/mol. The van der Waals surface area contributed by atoms with Crippen LogP contribution >= 0.6 is 11.8 Å². The number of anilines is 1. The zero-order chi connectivity index (χ0) is 15.4. The Hall–Kier alpha value is -2.24. The molecule has 0 aliphatic rings. The van der Waals surface area contributed by atoms with Gasteiger partial charge in [0, 0.05) is 20.2 Å². The molecule has 21 heavy (non-hydrogen) atoms. The van der Waals surface area contributed by atoms with E-state index in [4.69, 9.17) is 10.6 Å². The van der Waals surface area contributed by atoms with Crippen molar-refractivity contribution in [1.29, 1.82) is 0 Å². The second-order valence-corrected chi connectivity index (χ2v) is 4.87. The van der Waals surface area contributed by atoms with Gasteiger partial charge in [-0.3, -0.25) is 19.4 Å². The van der Waals surface area contributed by atoms with Crippen molar-refractivity contribution in [1.82, 2.24) is 24.7 Å². The summed E-state index contributed by atoms with van der Waals surface area (Å²) in [4.78, 5) is 34.5. The number of aryl methyl sites for hydroxylation is 1. The summed E-state index contributed by atoms with van der Waals surface area (Å²) in [7, 11) is 3.08. The van der Waals surface area contributed by atoms with Gasteiger partial charge in [-0.2, -0.15) is 4.98 Å². The summed E-state index contributed by atoms with van der Waals surface area (Å²) in [5, 5.41) is 3.13. The molecule has 0 aliphatic heterocycles. The smallest absolute Gasteiger partial charge is 0.339 e. The summed E-state index contributed by atoms with van der Waals surface area (Å²) in [6, 6.07) is 1.58. The SMILES string of the molecule is COCc1nc(NN)cc(Sc2nc(=O)c(=O)[nH]n2C)n1. The molecule has 2 heterocycles. The molecule has 0 saturated carbocycles. The van der Waals surface area contributed by atoms with Gasteiger partial charge in [0.15, 0.2) is 11.0 Å². The molecule has 0 atom stereocenters. The second kappa shape index (κ2) is 6.47. The molecule has 0 amide bonds. The van der Waals surface area contributed by atoms with E-state index >= 15 is 0 Å². The van der Waals surface area contributed by atoms with Gasteiger partial charge in [-0.05, 0) is 11.8 Å². The fraction of sp³-hybridized carbons (Fsp3) is 0.300. The van der Waals surface area contributed by atoms with Crippen molar-refractivity contribution in [2.24, 2.45) is 12.9 Å². The van der Waals surface area contributed by atoms with E-state index in [0.717, 1.165) is 11.8 Å². The molecule has 112 valence electrons. The van der Waals surface area contributed by atoms with Crippen LogP contribution in [0, 0.1) is 0 Å². The highest BCUT2D eigenvalue weighted by atomic mass is 32.2. The van der Waals surface area contributed by atoms with Crippen LogP contribution in [0.2, 0.25) is 0 Å². The first kappa shape index (κ1) is 15.2. The average Bonchev–Trinajstić information content (AvgIpc) is 2.45. The van der Waals surface area contributed by atoms with E-state index in [1.807, 2.05) is 0 Å². The highest BCUT2D eigenvalue weighted by Crippen LogP contribution is 2.24. The van der Waals surface area contributed by atoms with E-state index in [-0.39, 0.29) is 11.8 Å². The highest BCUT2D eigenvalue weighted by Gasteiger charge is 2.10. The van der Waals surface area contributed by atoms with Gasteiger partial charge in [0.25, 0.3) is 0 Å². The van der Waals surface area contributed by atoms with Crippen LogP contribution < -0.4 is 22.4 Å². The van der Waals surface area contributed by atoms with E-state index in [0.29, 0.717) is 16.7 Å². The topological polar surface area (TPSA) is 141 Å². The van der Waals surface area contributed by atoms with Gasteiger partial charge in [0.1, 0.15) is 17.5 Å². The van der Waals surface area contributed by atoms with Crippen LogP contribution in [0.5, 0.6) is 0 Å². The number of H-pyrrole nitrogens is 1. The third kappa shape index (κ3) is 3.65. The lowest BCUT2D eigenvalue weighted by Crippen LogP contribution is -2.33. The number of nitrogens with zero attached hydrogens (tertiary/aromatic N) is 4. The molecule has 10 nitrogen and oxygen atoms in total. The summed E-state index contributed by atoms with van der Waals surface area (Å²) in [6.07, 6.45) is 0. The number of nitrogen functional groups attached to an aromatic ring is 1. The molecule has 2 aromatic heterocycles. The number of aromatic nitrogens is 5. The van der Waals surface area contributed by atoms with Crippen LogP contribution in [-0.2, 0) is 18.4 Å². The fourth-order valence-corrected chi connectivity index (χ4v) is 2.26. The first-order chi connectivity index (χ1) is 10.0. The highest BCUT2D eigenvalue weighted by molar-refractivity contribution is 7.99. The first-order valence-corrected chi connectivity index (χ1v) is 6.54. The lowest BCUT2D eigenvalue weighted by Gasteiger charge is -2.08. The van der Waals surface area contributed by atoms with Gasteiger partial charge < -0.3 is 10.2 Å². The second-order valence-electron chi connectivity index (χ2n) is 3.89. The number of nitrogens with one attached hydrogen (secondary N) is 2. The van der Waals surface area contributed by atoms with Crippen LogP contribution in [0.3, 0.4) is 0 Å². The van der Waals surface area contributed by atoms with Crippen molar-refractivity contribution in [2.45, 2.75) is 16.8 Å². The fourth-order valence-electron chi connectivity index (χ4n) is 1.44. The predicted molar refractivity (Wildman–Crippen MR) is 74.8 cm³/mol. The summed E-state index contributed by atoms with van der Waals surface area (Å²) < 4.78 is 6.31. The molecular weight excluding hydrogens is 298 g/mol. The molecule has 2 rings (SSSR count). The Morgan fingerprint density at radius 2 is 2.19 bits per heavy atom. The standard InChI is InChI=1S/C10H13N7O3S/c1-17-10(14-8(18)9(19)16-17)21-7-3-5(15-11)12-6(13-7)4-20-2/h3H,4,11H2,1-2H3,(H,16,19)(H,12,13,15). The number of hydrogen-bond acceptors (Lipinski definition) is 9. The van der Waals surface area contributed by atoms with Crippen molar-refractivity contribution >= 4 is 17.6 Å². The predicted octanol–water partition coefficient (Wildman–Crippen LogP) is -1.16. The molecule has 2 aromatic rings. The van der Waals surface area contributed by atoms with Crippen LogP contribution in [0.4, 0.5) is 5.82 Å². The van der Waals surface area contributed by atoms with Crippen LogP contribution in [0.1, 0.15) is 5.82 Å². The number of nitrogens with two attached hydrogens (primary N) is 1. The quantitative estimate of drug-likeness (QED) is 0.270. The number of methoxy groups -OCH3 is 1. The number of hydrazine groups is 1. The normalized spacial score (nSPS) is 10.6. The average molecular weight is 311 g/mol. The van der Waals surface area contributed by atoms with Gasteiger partial charge in [-0.15, -0.1) is 0 Å². The number of rotatable bonds is 5. The van der Waals surface area contributed by atoms with Crippen LogP contribution in [0.25, 0.3) is 0 Å². The van der Waals surface area contributed by atoms with Crippen molar-refractivity contribution in [3.63, 3.8) is 0 Å². The molecule has 4 N–H and O–H groups in total. The van der Waals surface area contributed by atoms with Crippen molar-refractivity contribution < 1.29 is 4.74 Å². The zero-order valence-corrected chi connectivity index (χ0v) is 12.1. The minimum absolute atomic E-state index is 0.209. The maximum absolute atomic E-state index is 11.3. The van der Waals surface area contributed by atoms with Gasteiger partial charge >= 0.3 is 11.1 Å². The summed E-state index contributed by atoms with van der Waals surface area (Å²) in [5.41, 5.74) is 0.775. The van der Waals surface area contributed by atoms with Gasteiger partial charge in [0.05, 0.1) is 0 Å². The zero-order valence-electron chi connectivity index (χ0n) is 11.3. The number of aromatic amines is 1. The maximum atomic E-state index is 11.3. The van der Waals surface area contributed by atoms with E-state index < -0.39 is 11.1 Å². The van der Waals surface area contributed by atoms with Crippen LogP contribution in [-0.4, -0.2) is 31.8 Å². The van der Waals surface area contributed by atoms with Gasteiger partial charge in [-0.25, -0.2) is 15.8 Å². The molecule has 0 spiro atoms. The van der Waals surface area contributed by atoms with Crippen LogP contribution in [0.15, 0.2) is 25.8 Å². The Morgan fingerprint density at radius 3 is 2.86 bits per heavy atom. The molecule has 0 aliphatic carbocycles.